The summed E-state index contributed by atoms with van der Waals surface area (Å²) in [5.74, 6) is -0.891. The number of carbonyl (C=O) groups is 2. The van der Waals surface area contributed by atoms with Gasteiger partial charge in [-0.1, -0.05) is 0 Å². The first-order valence-electron chi connectivity index (χ1n) is 8.95. The third kappa shape index (κ3) is 5.31. The predicted molar refractivity (Wildman–Crippen MR) is 105 cm³/mol. The third-order valence-electron chi connectivity index (χ3n) is 4.57. The van der Waals surface area contributed by atoms with Crippen molar-refractivity contribution in [2.45, 2.75) is 39.7 Å². The van der Waals surface area contributed by atoms with Gasteiger partial charge in [-0.25, -0.2) is 0 Å². The maximum absolute atomic E-state index is 12.4. The van der Waals surface area contributed by atoms with Crippen molar-refractivity contribution in [3.05, 3.63) is 45.3 Å². The first-order valence-corrected chi connectivity index (χ1v) is 8.95. The molecule has 0 fully saturated rings. The summed E-state index contributed by atoms with van der Waals surface area (Å²) in [6.07, 6.45) is -0.523. The number of aryl methyl sites for hydroxylation is 2. The van der Waals surface area contributed by atoms with Crippen LogP contribution < -0.4 is 10.1 Å². The number of hydrogen-bond acceptors (Lipinski definition) is 7. The summed E-state index contributed by atoms with van der Waals surface area (Å²) in [7, 11) is 3.21. The van der Waals surface area contributed by atoms with E-state index in [4.69, 9.17) is 9.47 Å². The lowest BCUT2D eigenvalue weighted by Crippen LogP contribution is -2.30. The quantitative estimate of drug-likeness (QED) is 0.407. The number of nitrogens with one attached hydrogen (secondary N) is 1. The summed E-state index contributed by atoms with van der Waals surface area (Å²) in [4.78, 5) is 34.8. The standard InChI is InChI=1S/C19H24N4O6/c1-11-15(12(2)22(4)21-11)7-9-18(24)29-13(3)19(25)20-16-10-14(23(26)27)6-8-17(16)28-5/h6,8,10,13H,7,9H2,1-5H3,(H,20,25)/t13-/m0/s1. The Labute approximate surface area is 167 Å². The Morgan fingerprint density at radius 2 is 2.03 bits per heavy atom. The molecule has 1 aromatic carbocycles. The molecule has 1 heterocycles. The maximum Gasteiger partial charge on any atom is 0.306 e. The minimum absolute atomic E-state index is 0.102. The van der Waals surface area contributed by atoms with Gasteiger partial charge in [0.15, 0.2) is 6.10 Å². The molecule has 2 aromatic rings. The smallest absolute Gasteiger partial charge is 0.306 e. The molecule has 1 aromatic heterocycles. The van der Waals surface area contributed by atoms with Gasteiger partial charge in [0.1, 0.15) is 5.75 Å². The highest BCUT2D eigenvalue weighted by molar-refractivity contribution is 5.96. The zero-order chi connectivity index (χ0) is 21.7. The van der Waals surface area contributed by atoms with Crippen LogP contribution in [-0.4, -0.2) is 39.8 Å². The molecule has 0 spiro atoms. The predicted octanol–water partition coefficient (Wildman–Crippen LogP) is 2.46. The van der Waals surface area contributed by atoms with Gasteiger partial charge < -0.3 is 14.8 Å². The molecular weight excluding hydrogens is 380 g/mol. The molecule has 10 heteroatoms. The van der Waals surface area contributed by atoms with Crippen LogP contribution >= 0.6 is 0 Å². The van der Waals surface area contributed by atoms with Crippen LogP contribution in [-0.2, 0) is 27.8 Å². The molecule has 10 nitrogen and oxygen atoms in total. The third-order valence-corrected chi connectivity index (χ3v) is 4.57. The first-order chi connectivity index (χ1) is 13.6. The van der Waals surface area contributed by atoms with Crippen LogP contribution in [0.15, 0.2) is 18.2 Å². The molecule has 0 aliphatic rings. The molecule has 0 radical (unpaired) electrons. The zero-order valence-corrected chi connectivity index (χ0v) is 17.0. The summed E-state index contributed by atoms with van der Waals surface area (Å²) in [6.45, 7) is 5.22. The Morgan fingerprint density at radius 3 is 2.59 bits per heavy atom. The highest BCUT2D eigenvalue weighted by Gasteiger charge is 2.21. The van der Waals surface area contributed by atoms with Crippen LogP contribution in [0.1, 0.15) is 30.3 Å². The number of ether oxygens (including phenoxy) is 2. The summed E-state index contributed by atoms with van der Waals surface area (Å²) in [5.41, 5.74) is 2.72. The molecular formula is C19H24N4O6. The molecule has 1 atom stereocenters. The highest BCUT2D eigenvalue weighted by atomic mass is 16.6. The second-order valence-corrected chi connectivity index (χ2v) is 6.54. The minimum atomic E-state index is -1.08. The van der Waals surface area contributed by atoms with E-state index in [9.17, 15) is 19.7 Å². The van der Waals surface area contributed by atoms with Gasteiger partial charge in [-0.3, -0.25) is 24.4 Å². The Balaban J connectivity index is 1.97. The van der Waals surface area contributed by atoms with Crippen LogP contribution in [0.25, 0.3) is 0 Å². The molecule has 0 saturated heterocycles. The van der Waals surface area contributed by atoms with Crippen LogP contribution in [0, 0.1) is 24.0 Å². The number of aromatic nitrogens is 2. The van der Waals surface area contributed by atoms with Gasteiger partial charge in [0.2, 0.25) is 0 Å². The SMILES string of the molecule is COc1ccc([N+](=O)[O-])cc1NC(=O)[C@H](C)OC(=O)CCc1c(C)nn(C)c1C. The second kappa shape index (κ2) is 9.18. The largest absolute Gasteiger partial charge is 0.495 e. The van der Waals surface area contributed by atoms with E-state index >= 15 is 0 Å². The van der Waals surface area contributed by atoms with Gasteiger partial charge in [-0.15, -0.1) is 0 Å². The minimum Gasteiger partial charge on any atom is -0.495 e. The van der Waals surface area contributed by atoms with Crippen LogP contribution in [0.2, 0.25) is 0 Å². The molecule has 0 unspecified atom stereocenters. The van der Waals surface area contributed by atoms with Crippen LogP contribution in [0.5, 0.6) is 5.75 Å². The molecule has 0 bridgehead atoms. The molecule has 0 aliphatic heterocycles. The lowest BCUT2D eigenvalue weighted by molar-refractivity contribution is -0.384. The fourth-order valence-electron chi connectivity index (χ4n) is 2.86. The lowest BCUT2D eigenvalue weighted by atomic mass is 10.1. The van der Waals surface area contributed by atoms with Crippen LogP contribution in [0.4, 0.5) is 11.4 Å². The number of anilines is 1. The summed E-state index contributed by atoms with van der Waals surface area (Å²) >= 11 is 0. The number of rotatable bonds is 8. The number of carbonyl (C=O) groups excluding carboxylic acids is 2. The number of amides is 1. The van der Waals surface area contributed by atoms with E-state index in [1.807, 2.05) is 20.9 Å². The van der Waals surface area contributed by atoms with Gasteiger partial charge in [0.05, 0.1) is 23.4 Å². The average Bonchev–Trinajstić information content (AvgIpc) is 2.91. The summed E-state index contributed by atoms with van der Waals surface area (Å²) in [6, 6.07) is 3.82. The summed E-state index contributed by atoms with van der Waals surface area (Å²) < 4.78 is 12.0. The van der Waals surface area contributed by atoms with Gasteiger partial charge in [0.25, 0.3) is 11.6 Å². The molecule has 0 aliphatic carbocycles. The van der Waals surface area contributed by atoms with Crippen molar-refractivity contribution in [2.75, 3.05) is 12.4 Å². The van der Waals surface area contributed by atoms with E-state index in [1.165, 1.54) is 32.2 Å². The molecule has 1 N–H and O–H groups in total. The Hall–Kier alpha value is -3.43. The number of benzene rings is 1. The van der Waals surface area contributed by atoms with Crippen molar-refractivity contribution < 1.29 is 24.0 Å². The van der Waals surface area contributed by atoms with E-state index < -0.39 is 22.9 Å². The molecule has 1 amide bonds. The Kier molecular flexibility index (Phi) is 6.92. The second-order valence-electron chi connectivity index (χ2n) is 6.54. The fraction of sp³-hybridized carbons (Fsp3) is 0.421. The van der Waals surface area contributed by atoms with Gasteiger partial charge in [-0.05, 0) is 38.8 Å². The van der Waals surface area contributed by atoms with Crippen molar-refractivity contribution in [1.29, 1.82) is 0 Å². The molecule has 0 saturated carbocycles. The van der Waals surface area contributed by atoms with Crippen LogP contribution in [0.3, 0.4) is 0 Å². The van der Waals surface area contributed by atoms with Crippen molar-refractivity contribution in [1.82, 2.24) is 9.78 Å². The van der Waals surface area contributed by atoms with E-state index in [-0.39, 0.29) is 23.5 Å². The first kappa shape index (κ1) is 21.9. The number of esters is 1. The number of non-ortho nitro benzene ring substituents is 1. The number of nitrogens with zero attached hydrogens (tertiary/aromatic N) is 3. The summed E-state index contributed by atoms with van der Waals surface area (Å²) in [5, 5.41) is 17.7. The maximum atomic E-state index is 12.4. The Morgan fingerprint density at radius 1 is 1.34 bits per heavy atom. The number of methoxy groups -OCH3 is 1. The zero-order valence-electron chi connectivity index (χ0n) is 17.0. The van der Waals surface area contributed by atoms with Crippen molar-refractivity contribution >= 4 is 23.3 Å². The average molecular weight is 404 g/mol. The molecule has 29 heavy (non-hydrogen) atoms. The van der Waals surface area contributed by atoms with E-state index in [1.54, 1.807) is 4.68 Å². The highest BCUT2D eigenvalue weighted by Crippen LogP contribution is 2.29. The monoisotopic (exact) mass is 404 g/mol. The number of nitro benzene ring substituents is 1. The fourth-order valence-corrected chi connectivity index (χ4v) is 2.86. The van der Waals surface area contributed by atoms with Crippen molar-refractivity contribution in [3.63, 3.8) is 0 Å². The topological polar surface area (TPSA) is 126 Å². The molecule has 2 rings (SSSR count). The van der Waals surface area contributed by atoms with E-state index in [0.29, 0.717) is 6.42 Å². The molecule has 156 valence electrons. The van der Waals surface area contributed by atoms with Crippen molar-refractivity contribution in [2.24, 2.45) is 7.05 Å². The number of hydrogen-bond donors (Lipinski definition) is 1. The van der Waals surface area contributed by atoms with E-state index in [2.05, 4.69) is 10.4 Å². The normalized spacial score (nSPS) is 11.6. The van der Waals surface area contributed by atoms with Gasteiger partial charge in [-0.2, -0.15) is 5.10 Å². The van der Waals surface area contributed by atoms with Gasteiger partial charge in [0, 0.05) is 31.3 Å². The number of nitro groups is 1. The van der Waals surface area contributed by atoms with Crippen molar-refractivity contribution in [3.8, 4) is 5.75 Å². The Bertz CT molecular complexity index is 937. The van der Waals surface area contributed by atoms with Gasteiger partial charge >= 0.3 is 5.97 Å². The lowest BCUT2D eigenvalue weighted by Gasteiger charge is -2.15. The van der Waals surface area contributed by atoms with E-state index in [0.717, 1.165) is 17.0 Å².